The highest BCUT2D eigenvalue weighted by atomic mass is 16.5. The normalized spacial score (nSPS) is 11.4. The molecule has 0 spiro atoms. The Labute approximate surface area is 110 Å². The van der Waals surface area contributed by atoms with Gasteiger partial charge in [-0.3, -0.25) is 4.79 Å². The zero-order chi connectivity index (χ0) is 13.4. The van der Waals surface area contributed by atoms with Crippen LogP contribution < -0.4 is 0 Å². The molecule has 1 rings (SSSR count). The van der Waals surface area contributed by atoms with E-state index in [1.54, 1.807) is 0 Å². The number of rotatable bonds is 6. The van der Waals surface area contributed by atoms with Gasteiger partial charge in [0.1, 0.15) is 6.61 Å². The van der Waals surface area contributed by atoms with Crippen molar-refractivity contribution in [2.75, 3.05) is 6.61 Å². The fourth-order valence-corrected chi connectivity index (χ4v) is 1.83. The van der Waals surface area contributed by atoms with Gasteiger partial charge in [-0.2, -0.15) is 0 Å². The van der Waals surface area contributed by atoms with Crippen molar-refractivity contribution >= 4 is 12.0 Å². The molecule has 98 valence electrons. The minimum absolute atomic E-state index is 0.226. The minimum atomic E-state index is -0.226. The van der Waals surface area contributed by atoms with E-state index in [1.165, 1.54) is 18.1 Å². The summed E-state index contributed by atoms with van der Waals surface area (Å²) in [7, 11) is 0. The molecule has 18 heavy (non-hydrogen) atoms. The molecule has 0 amide bonds. The minimum Gasteiger partial charge on any atom is -0.461 e. The van der Waals surface area contributed by atoms with Crippen molar-refractivity contribution in [3.63, 3.8) is 0 Å². The average molecular weight is 246 g/mol. The second-order valence-corrected chi connectivity index (χ2v) is 4.39. The summed E-state index contributed by atoms with van der Waals surface area (Å²) in [6, 6.07) is 8.40. The number of ether oxygens (including phenoxy) is 1. The van der Waals surface area contributed by atoms with Gasteiger partial charge >= 0.3 is 5.97 Å². The Morgan fingerprint density at radius 2 is 2.00 bits per heavy atom. The maximum absolute atomic E-state index is 10.8. The van der Waals surface area contributed by atoms with Crippen molar-refractivity contribution in [1.29, 1.82) is 0 Å². The summed E-state index contributed by atoms with van der Waals surface area (Å²) in [5.74, 6) is -0.226. The van der Waals surface area contributed by atoms with Gasteiger partial charge in [-0.15, -0.1) is 0 Å². The Balaban J connectivity index is 2.86. The first kappa shape index (κ1) is 14.5. The molecule has 2 heteroatoms. The lowest BCUT2D eigenvalue weighted by molar-refractivity contribution is -0.139. The van der Waals surface area contributed by atoms with Crippen LogP contribution in [-0.4, -0.2) is 12.6 Å². The number of aryl methyl sites for hydroxylation is 1. The molecule has 0 aromatic heterocycles. The number of carbonyl (C=O) groups is 1. The van der Waals surface area contributed by atoms with E-state index in [9.17, 15) is 4.79 Å². The van der Waals surface area contributed by atoms with Crippen molar-refractivity contribution in [3.8, 4) is 0 Å². The number of esters is 1. The van der Waals surface area contributed by atoms with E-state index in [1.807, 2.05) is 6.07 Å². The number of carbonyl (C=O) groups excluding carboxylic acids is 1. The Hall–Kier alpha value is -1.57. The fraction of sp³-hybridized carbons (Fsp3) is 0.438. The summed E-state index contributed by atoms with van der Waals surface area (Å²) < 4.78 is 5.06. The zero-order valence-corrected chi connectivity index (χ0v) is 11.5. The van der Waals surface area contributed by atoms with Gasteiger partial charge in [0.25, 0.3) is 0 Å². The Kier molecular flexibility index (Phi) is 6.20. The molecule has 0 aliphatic carbocycles. The van der Waals surface area contributed by atoms with Gasteiger partial charge in [-0.05, 0) is 29.5 Å². The Bertz CT molecular complexity index is 419. The molecule has 0 saturated heterocycles. The second-order valence-electron chi connectivity index (χ2n) is 4.39. The first-order chi connectivity index (χ1) is 8.67. The molecule has 2 nitrogen and oxygen atoms in total. The molecule has 1 aromatic rings. The fourth-order valence-electron chi connectivity index (χ4n) is 1.83. The lowest BCUT2D eigenvalue weighted by Crippen LogP contribution is -2.03. The van der Waals surface area contributed by atoms with Crippen LogP contribution in [-0.2, 0) is 16.0 Å². The van der Waals surface area contributed by atoms with Gasteiger partial charge in [-0.25, -0.2) is 0 Å². The summed E-state index contributed by atoms with van der Waals surface area (Å²) in [6.45, 7) is 6.10. The maximum Gasteiger partial charge on any atom is 0.302 e. The molecule has 0 N–H and O–H groups in total. The molecule has 0 saturated carbocycles. The molecular formula is C16H22O2. The SMILES string of the molecule is CCCc1ccccc1C=C(CC)COC(C)=O. The molecule has 1 aromatic carbocycles. The highest BCUT2D eigenvalue weighted by Crippen LogP contribution is 2.16. The van der Waals surface area contributed by atoms with E-state index in [0.29, 0.717) is 6.61 Å². The average Bonchev–Trinajstić information content (AvgIpc) is 2.36. The van der Waals surface area contributed by atoms with E-state index in [0.717, 1.165) is 24.8 Å². The van der Waals surface area contributed by atoms with Crippen LogP contribution in [0.15, 0.2) is 29.8 Å². The van der Waals surface area contributed by atoms with Crippen LogP contribution in [0.5, 0.6) is 0 Å². The predicted octanol–water partition coefficient (Wildman–Crippen LogP) is 4.00. The molecule has 0 heterocycles. The Morgan fingerprint density at radius 1 is 1.28 bits per heavy atom. The third-order valence-electron chi connectivity index (χ3n) is 2.85. The molecule has 0 fully saturated rings. The van der Waals surface area contributed by atoms with Crippen molar-refractivity contribution < 1.29 is 9.53 Å². The first-order valence-corrected chi connectivity index (χ1v) is 6.58. The van der Waals surface area contributed by atoms with Gasteiger partial charge in [0.15, 0.2) is 0 Å². The highest BCUT2D eigenvalue weighted by molar-refractivity contribution is 5.66. The van der Waals surface area contributed by atoms with Gasteiger partial charge in [0.05, 0.1) is 0 Å². The quantitative estimate of drug-likeness (QED) is 0.709. The molecule has 0 aliphatic heterocycles. The largest absolute Gasteiger partial charge is 0.461 e. The predicted molar refractivity (Wildman–Crippen MR) is 75.3 cm³/mol. The van der Waals surface area contributed by atoms with Crippen LogP contribution in [0.2, 0.25) is 0 Å². The molecule has 0 aliphatic rings. The van der Waals surface area contributed by atoms with Crippen molar-refractivity contribution in [2.45, 2.75) is 40.0 Å². The van der Waals surface area contributed by atoms with E-state index in [-0.39, 0.29) is 5.97 Å². The van der Waals surface area contributed by atoms with Crippen molar-refractivity contribution in [1.82, 2.24) is 0 Å². The van der Waals surface area contributed by atoms with E-state index in [4.69, 9.17) is 4.74 Å². The lowest BCUT2D eigenvalue weighted by Gasteiger charge is -2.08. The Morgan fingerprint density at radius 3 is 2.61 bits per heavy atom. The molecule has 0 unspecified atom stereocenters. The third-order valence-corrected chi connectivity index (χ3v) is 2.85. The summed E-state index contributed by atoms with van der Waals surface area (Å²) in [5.41, 5.74) is 3.74. The smallest absolute Gasteiger partial charge is 0.302 e. The second kappa shape index (κ2) is 7.70. The summed E-state index contributed by atoms with van der Waals surface area (Å²) in [5, 5.41) is 0. The molecule has 0 radical (unpaired) electrons. The monoisotopic (exact) mass is 246 g/mol. The standard InChI is InChI=1S/C16H22O2/c1-4-8-15-9-6-7-10-16(15)11-14(5-2)12-18-13(3)17/h6-7,9-11H,4-5,8,12H2,1-3H3. The van der Waals surface area contributed by atoms with Gasteiger partial charge in [0, 0.05) is 6.92 Å². The molecule has 0 atom stereocenters. The van der Waals surface area contributed by atoms with Crippen molar-refractivity contribution in [3.05, 3.63) is 41.0 Å². The third kappa shape index (κ3) is 4.74. The zero-order valence-electron chi connectivity index (χ0n) is 11.5. The van der Waals surface area contributed by atoms with Crippen LogP contribution in [0.4, 0.5) is 0 Å². The number of hydrogen-bond donors (Lipinski definition) is 0. The maximum atomic E-state index is 10.8. The van der Waals surface area contributed by atoms with Crippen LogP contribution >= 0.6 is 0 Å². The summed E-state index contributed by atoms with van der Waals surface area (Å²) >= 11 is 0. The molecular weight excluding hydrogens is 224 g/mol. The van der Waals surface area contributed by atoms with Crippen LogP contribution in [0.3, 0.4) is 0 Å². The van der Waals surface area contributed by atoms with E-state index >= 15 is 0 Å². The lowest BCUT2D eigenvalue weighted by atomic mass is 10.0. The highest BCUT2D eigenvalue weighted by Gasteiger charge is 2.02. The summed E-state index contributed by atoms with van der Waals surface area (Å²) in [4.78, 5) is 10.8. The van der Waals surface area contributed by atoms with Gasteiger partial charge in [0.2, 0.25) is 0 Å². The molecule has 0 bridgehead atoms. The van der Waals surface area contributed by atoms with Gasteiger partial charge < -0.3 is 4.74 Å². The number of benzene rings is 1. The first-order valence-electron chi connectivity index (χ1n) is 6.58. The van der Waals surface area contributed by atoms with E-state index in [2.05, 4.69) is 38.1 Å². The van der Waals surface area contributed by atoms with E-state index < -0.39 is 0 Å². The topological polar surface area (TPSA) is 26.3 Å². The van der Waals surface area contributed by atoms with Crippen LogP contribution in [0.25, 0.3) is 6.08 Å². The van der Waals surface area contributed by atoms with Gasteiger partial charge in [-0.1, -0.05) is 50.6 Å². The van der Waals surface area contributed by atoms with Crippen LogP contribution in [0.1, 0.15) is 44.7 Å². The van der Waals surface area contributed by atoms with Crippen molar-refractivity contribution in [2.24, 2.45) is 0 Å². The summed E-state index contributed by atoms with van der Waals surface area (Å²) in [6.07, 6.45) is 5.26. The van der Waals surface area contributed by atoms with Crippen LogP contribution in [0, 0.1) is 0 Å². The number of hydrogen-bond acceptors (Lipinski definition) is 2.